The van der Waals surface area contributed by atoms with E-state index in [1.54, 1.807) is 28.6 Å². The van der Waals surface area contributed by atoms with Crippen molar-refractivity contribution >= 4 is 10.0 Å². The smallest absolute Gasteiger partial charge is 0.243 e. The molecule has 1 unspecified atom stereocenters. The number of hydrogen-bond acceptors (Lipinski definition) is 4. The lowest BCUT2D eigenvalue weighted by Crippen LogP contribution is -2.41. The van der Waals surface area contributed by atoms with Crippen LogP contribution >= 0.6 is 0 Å². The third kappa shape index (κ3) is 5.59. The van der Waals surface area contributed by atoms with E-state index in [-0.39, 0.29) is 6.04 Å². The molecule has 0 radical (unpaired) electrons. The van der Waals surface area contributed by atoms with Gasteiger partial charge in [0, 0.05) is 32.2 Å². The molecule has 0 spiro atoms. The molecule has 158 valence electrons. The summed E-state index contributed by atoms with van der Waals surface area (Å²) >= 11 is 0. The van der Waals surface area contributed by atoms with Crippen molar-refractivity contribution in [2.24, 2.45) is 0 Å². The van der Waals surface area contributed by atoms with Gasteiger partial charge in [-0.3, -0.25) is 4.90 Å². The zero-order valence-electron chi connectivity index (χ0n) is 17.5. The second-order valence-corrected chi connectivity index (χ2v) is 9.44. The summed E-state index contributed by atoms with van der Waals surface area (Å²) < 4.78 is 33.8. The second-order valence-electron chi connectivity index (χ2n) is 7.55. The number of likely N-dealkylation sites (N-methyl/N-ethyl adjacent to an activating group) is 1. The maximum atomic E-state index is 13.3. The van der Waals surface area contributed by atoms with Crippen LogP contribution in [0, 0.1) is 0 Å². The summed E-state index contributed by atoms with van der Waals surface area (Å²) in [5.41, 5.74) is 1.26. The number of hydrogen-bond donors (Lipinski definition) is 0. The van der Waals surface area contributed by atoms with E-state index in [0.717, 1.165) is 44.6 Å². The molecule has 29 heavy (non-hydrogen) atoms. The van der Waals surface area contributed by atoms with Crippen LogP contribution in [0.15, 0.2) is 59.5 Å². The van der Waals surface area contributed by atoms with Crippen molar-refractivity contribution < 1.29 is 13.2 Å². The van der Waals surface area contributed by atoms with Gasteiger partial charge in [-0.2, -0.15) is 4.31 Å². The molecule has 0 bridgehead atoms. The van der Waals surface area contributed by atoms with Crippen molar-refractivity contribution in [3.63, 3.8) is 0 Å². The number of rotatable bonds is 10. The van der Waals surface area contributed by atoms with Crippen LogP contribution in [-0.4, -0.2) is 49.9 Å². The Morgan fingerprint density at radius 3 is 2.45 bits per heavy atom. The highest BCUT2D eigenvalue weighted by Crippen LogP contribution is 2.26. The Hall–Kier alpha value is -1.89. The number of benzene rings is 2. The second kappa shape index (κ2) is 10.2. The van der Waals surface area contributed by atoms with Crippen LogP contribution in [0.2, 0.25) is 0 Å². The van der Waals surface area contributed by atoms with E-state index < -0.39 is 10.0 Å². The van der Waals surface area contributed by atoms with E-state index in [1.807, 2.05) is 25.1 Å². The van der Waals surface area contributed by atoms with E-state index >= 15 is 0 Å². The minimum atomic E-state index is -3.52. The first kappa shape index (κ1) is 21.8. The number of nitrogens with zero attached hydrogens (tertiary/aromatic N) is 2. The molecule has 3 rings (SSSR count). The fraction of sp³-hybridized carbons (Fsp3) is 0.478. The normalized spacial score (nSPS) is 17.7. The number of ether oxygens (including phenoxy) is 1. The van der Waals surface area contributed by atoms with Gasteiger partial charge in [-0.25, -0.2) is 8.42 Å². The molecule has 1 saturated heterocycles. The summed E-state index contributed by atoms with van der Waals surface area (Å²) in [5, 5.41) is 0. The summed E-state index contributed by atoms with van der Waals surface area (Å²) in [5.74, 6) is 0.718. The van der Waals surface area contributed by atoms with Crippen LogP contribution in [0.4, 0.5) is 0 Å². The van der Waals surface area contributed by atoms with Gasteiger partial charge in [0.25, 0.3) is 0 Å². The first-order chi connectivity index (χ1) is 14.0. The summed E-state index contributed by atoms with van der Waals surface area (Å²) in [7, 11) is -3.52. The van der Waals surface area contributed by atoms with Crippen molar-refractivity contribution in [1.29, 1.82) is 0 Å². The molecule has 0 aromatic heterocycles. The highest BCUT2D eigenvalue weighted by Gasteiger charge is 2.34. The van der Waals surface area contributed by atoms with Crippen LogP contribution < -0.4 is 4.74 Å². The maximum absolute atomic E-state index is 13.3. The van der Waals surface area contributed by atoms with Gasteiger partial charge in [-0.1, -0.05) is 50.6 Å². The average Bonchev–Trinajstić information content (AvgIpc) is 3.17. The Balaban J connectivity index is 1.65. The van der Waals surface area contributed by atoms with Crippen molar-refractivity contribution in [1.82, 2.24) is 9.21 Å². The minimum Gasteiger partial charge on any atom is -0.494 e. The van der Waals surface area contributed by atoms with Gasteiger partial charge < -0.3 is 4.74 Å². The van der Waals surface area contributed by atoms with Gasteiger partial charge in [0.2, 0.25) is 10.0 Å². The fourth-order valence-electron chi connectivity index (χ4n) is 3.83. The van der Waals surface area contributed by atoms with Gasteiger partial charge >= 0.3 is 0 Å². The Bertz CT molecular complexity index is 853. The van der Waals surface area contributed by atoms with Gasteiger partial charge in [-0.15, -0.1) is 0 Å². The average molecular weight is 417 g/mol. The third-order valence-electron chi connectivity index (χ3n) is 5.41. The molecule has 1 atom stereocenters. The molecule has 1 fully saturated rings. The van der Waals surface area contributed by atoms with E-state index in [9.17, 15) is 8.42 Å². The molecule has 0 N–H and O–H groups in total. The predicted molar refractivity (Wildman–Crippen MR) is 117 cm³/mol. The highest BCUT2D eigenvalue weighted by molar-refractivity contribution is 7.89. The lowest BCUT2D eigenvalue weighted by molar-refractivity contribution is 0.285. The molecule has 1 aliphatic heterocycles. The Labute approximate surface area is 175 Å². The zero-order valence-corrected chi connectivity index (χ0v) is 18.3. The third-order valence-corrected chi connectivity index (χ3v) is 7.45. The molecule has 2 aromatic carbocycles. The minimum absolute atomic E-state index is 0.00851. The monoisotopic (exact) mass is 416 g/mol. The highest BCUT2D eigenvalue weighted by atomic mass is 32.2. The summed E-state index contributed by atoms with van der Waals surface area (Å²) in [6.45, 7) is 7.70. The van der Waals surface area contributed by atoms with E-state index in [2.05, 4.69) is 24.0 Å². The molecule has 0 amide bonds. The van der Waals surface area contributed by atoms with Gasteiger partial charge in [0.15, 0.2) is 0 Å². The van der Waals surface area contributed by atoms with Gasteiger partial charge in [-0.05, 0) is 42.7 Å². The number of unbranched alkanes of at least 4 members (excludes halogenated alkanes) is 1. The number of likely N-dealkylation sites (tertiary alicyclic amines) is 1. The Morgan fingerprint density at radius 2 is 1.79 bits per heavy atom. The standard InChI is InChI=1S/C23H32N2O3S/c1-3-5-17-28-22-11-13-23(14-12-22)29(26,27)25(4-2)21-15-16-24(19-21)18-20-9-7-6-8-10-20/h6-14,21H,3-5,15-19H2,1-2H3. The molecule has 1 heterocycles. The quantitative estimate of drug-likeness (QED) is 0.546. The molecule has 2 aromatic rings. The Morgan fingerprint density at radius 1 is 1.07 bits per heavy atom. The largest absolute Gasteiger partial charge is 0.494 e. The lowest BCUT2D eigenvalue weighted by atomic mass is 10.2. The first-order valence-corrected chi connectivity index (χ1v) is 12.0. The summed E-state index contributed by atoms with van der Waals surface area (Å²) in [4.78, 5) is 2.67. The van der Waals surface area contributed by atoms with E-state index in [1.165, 1.54) is 5.56 Å². The molecular formula is C23H32N2O3S. The van der Waals surface area contributed by atoms with Crippen LogP contribution in [0.5, 0.6) is 5.75 Å². The zero-order chi connectivity index (χ0) is 20.7. The van der Waals surface area contributed by atoms with Crippen LogP contribution in [0.25, 0.3) is 0 Å². The molecule has 0 saturated carbocycles. The molecule has 5 nitrogen and oxygen atoms in total. The topological polar surface area (TPSA) is 49.9 Å². The van der Waals surface area contributed by atoms with Crippen LogP contribution in [0.3, 0.4) is 0 Å². The maximum Gasteiger partial charge on any atom is 0.243 e. The van der Waals surface area contributed by atoms with Crippen molar-refractivity contribution in [3.05, 3.63) is 60.2 Å². The Kier molecular flexibility index (Phi) is 7.70. The molecule has 1 aliphatic rings. The fourth-order valence-corrected chi connectivity index (χ4v) is 5.49. The SMILES string of the molecule is CCCCOc1ccc(S(=O)(=O)N(CC)C2CCN(Cc3ccccc3)C2)cc1. The lowest BCUT2D eigenvalue weighted by Gasteiger charge is -2.27. The molecule has 6 heteroatoms. The number of sulfonamides is 1. The summed E-state index contributed by atoms with van der Waals surface area (Å²) in [6.07, 6.45) is 2.92. The molecule has 0 aliphatic carbocycles. The first-order valence-electron chi connectivity index (χ1n) is 10.6. The molecular weight excluding hydrogens is 384 g/mol. The van der Waals surface area contributed by atoms with Crippen molar-refractivity contribution in [3.8, 4) is 5.75 Å². The van der Waals surface area contributed by atoms with E-state index in [0.29, 0.717) is 18.0 Å². The van der Waals surface area contributed by atoms with Crippen LogP contribution in [-0.2, 0) is 16.6 Å². The van der Waals surface area contributed by atoms with Crippen LogP contribution in [0.1, 0.15) is 38.7 Å². The van der Waals surface area contributed by atoms with Gasteiger partial charge in [0.05, 0.1) is 11.5 Å². The van der Waals surface area contributed by atoms with Crippen molar-refractivity contribution in [2.45, 2.75) is 50.6 Å². The summed E-state index contributed by atoms with van der Waals surface area (Å²) in [6, 6.07) is 17.2. The van der Waals surface area contributed by atoms with E-state index in [4.69, 9.17) is 4.74 Å². The van der Waals surface area contributed by atoms with Crippen molar-refractivity contribution in [2.75, 3.05) is 26.2 Å². The predicted octanol–water partition coefficient (Wildman–Crippen LogP) is 4.15. The van der Waals surface area contributed by atoms with Gasteiger partial charge in [0.1, 0.15) is 5.75 Å².